The van der Waals surface area contributed by atoms with Gasteiger partial charge in [-0.25, -0.2) is 4.79 Å². The second-order valence-corrected chi connectivity index (χ2v) is 7.80. The fourth-order valence-corrected chi connectivity index (χ4v) is 3.48. The van der Waals surface area contributed by atoms with Gasteiger partial charge in [0.25, 0.3) is 0 Å². The molecule has 1 aromatic heterocycles. The summed E-state index contributed by atoms with van der Waals surface area (Å²) in [5.41, 5.74) is 0.861. The van der Waals surface area contributed by atoms with Gasteiger partial charge in [-0.15, -0.1) is 10.2 Å². The summed E-state index contributed by atoms with van der Waals surface area (Å²) in [5.74, 6) is 0.333. The van der Waals surface area contributed by atoms with E-state index in [4.69, 9.17) is 11.6 Å². The molecule has 3 rings (SSSR count). The molecule has 3 amide bonds. The van der Waals surface area contributed by atoms with Gasteiger partial charge in [-0.3, -0.25) is 10.1 Å². The number of urea groups is 1. The molecular weight excluding hydrogens is 374 g/mol. The van der Waals surface area contributed by atoms with Gasteiger partial charge >= 0.3 is 6.03 Å². The van der Waals surface area contributed by atoms with Crippen LogP contribution in [-0.2, 0) is 11.3 Å². The van der Waals surface area contributed by atoms with Crippen LogP contribution in [0, 0.1) is 0 Å². The summed E-state index contributed by atoms with van der Waals surface area (Å²) in [5, 5.41) is 14.3. The van der Waals surface area contributed by atoms with Crippen molar-refractivity contribution >= 4 is 35.3 Å². The maximum Gasteiger partial charge on any atom is 0.321 e. The molecule has 138 valence electrons. The Bertz CT molecular complexity index is 821. The van der Waals surface area contributed by atoms with E-state index in [1.54, 1.807) is 13.0 Å². The minimum absolute atomic E-state index is 0.203. The number of benzene rings is 1. The average Bonchev–Trinajstić information content (AvgIpc) is 3.32. The number of carbonyl (C=O) groups is 2. The fourth-order valence-electron chi connectivity index (χ4n) is 2.38. The van der Waals surface area contributed by atoms with Crippen LogP contribution in [-0.4, -0.2) is 38.0 Å². The van der Waals surface area contributed by atoms with Gasteiger partial charge in [0.15, 0.2) is 11.0 Å². The first-order valence-electron chi connectivity index (χ1n) is 8.45. The number of halogens is 1. The van der Waals surface area contributed by atoms with Gasteiger partial charge in [0.2, 0.25) is 5.91 Å². The first-order chi connectivity index (χ1) is 12.5. The summed E-state index contributed by atoms with van der Waals surface area (Å²) in [7, 11) is 0. The van der Waals surface area contributed by atoms with Crippen LogP contribution in [0.4, 0.5) is 4.79 Å². The molecule has 0 radical (unpaired) electrons. The van der Waals surface area contributed by atoms with Gasteiger partial charge in [0.1, 0.15) is 0 Å². The molecule has 0 spiro atoms. The van der Waals surface area contributed by atoms with E-state index in [0.717, 1.165) is 18.4 Å². The minimum atomic E-state index is -0.485. The molecule has 2 N–H and O–H groups in total. The van der Waals surface area contributed by atoms with E-state index in [2.05, 4.69) is 20.8 Å². The third kappa shape index (κ3) is 4.56. The Morgan fingerprint density at radius 1 is 1.38 bits per heavy atom. The first kappa shape index (κ1) is 18.7. The van der Waals surface area contributed by atoms with E-state index in [-0.39, 0.29) is 11.9 Å². The molecule has 7 nitrogen and oxygen atoms in total. The van der Waals surface area contributed by atoms with Gasteiger partial charge in [-0.05, 0) is 38.8 Å². The van der Waals surface area contributed by atoms with Crippen molar-refractivity contribution in [3.8, 4) is 11.4 Å². The number of nitrogens with zero attached hydrogens (tertiary/aromatic N) is 3. The maximum atomic E-state index is 12.2. The molecule has 0 saturated heterocycles. The van der Waals surface area contributed by atoms with Gasteiger partial charge in [0.05, 0.1) is 5.25 Å². The van der Waals surface area contributed by atoms with Gasteiger partial charge in [-0.1, -0.05) is 35.5 Å². The maximum absolute atomic E-state index is 12.2. The number of thioether (sulfide) groups is 1. The van der Waals surface area contributed by atoms with Crippen LogP contribution < -0.4 is 10.6 Å². The number of imide groups is 1. The summed E-state index contributed by atoms with van der Waals surface area (Å²) in [6.07, 6.45) is 1.94. The van der Waals surface area contributed by atoms with E-state index in [1.807, 2.05) is 29.7 Å². The number of hydrogen-bond acceptors (Lipinski definition) is 5. The van der Waals surface area contributed by atoms with Crippen LogP contribution in [0.5, 0.6) is 0 Å². The third-order valence-electron chi connectivity index (χ3n) is 3.92. The first-order valence-corrected chi connectivity index (χ1v) is 9.71. The van der Waals surface area contributed by atoms with Crippen molar-refractivity contribution in [1.29, 1.82) is 0 Å². The largest absolute Gasteiger partial charge is 0.335 e. The highest BCUT2D eigenvalue weighted by atomic mass is 35.5. The van der Waals surface area contributed by atoms with Crippen molar-refractivity contribution in [2.75, 3.05) is 0 Å². The number of hydrogen-bond donors (Lipinski definition) is 2. The highest BCUT2D eigenvalue weighted by molar-refractivity contribution is 8.00. The summed E-state index contributed by atoms with van der Waals surface area (Å²) in [4.78, 5) is 23.9. The molecule has 1 unspecified atom stereocenters. The molecule has 2 aromatic rings. The predicted molar refractivity (Wildman–Crippen MR) is 101 cm³/mol. The monoisotopic (exact) mass is 393 g/mol. The zero-order chi connectivity index (χ0) is 18.7. The Hall–Kier alpha value is -2.06. The number of carbonyl (C=O) groups excluding carboxylic acids is 2. The van der Waals surface area contributed by atoms with Crippen LogP contribution >= 0.6 is 23.4 Å². The molecule has 1 fully saturated rings. The second kappa shape index (κ2) is 8.09. The molecule has 0 aliphatic heterocycles. The lowest BCUT2D eigenvalue weighted by molar-refractivity contribution is -0.119. The van der Waals surface area contributed by atoms with Crippen molar-refractivity contribution in [3.63, 3.8) is 0 Å². The number of rotatable bonds is 6. The Balaban J connectivity index is 1.69. The fraction of sp³-hybridized carbons (Fsp3) is 0.412. The Morgan fingerprint density at radius 3 is 2.81 bits per heavy atom. The van der Waals surface area contributed by atoms with Crippen LogP contribution in [0.25, 0.3) is 11.4 Å². The van der Waals surface area contributed by atoms with Gasteiger partial charge in [0, 0.05) is 23.2 Å². The number of nitrogens with one attached hydrogen (secondary N) is 2. The molecule has 1 atom stereocenters. The summed E-state index contributed by atoms with van der Waals surface area (Å²) >= 11 is 7.32. The molecule has 1 saturated carbocycles. The highest BCUT2D eigenvalue weighted by Crippen LogP contribution is 2.28. The Labute approximate surface area is 160 Å². The smallest absolute Gasteiger partial charge is 0.321 e. The van der Waals surface area contributed by atoms with E-state index in [9.17, 15) is 9.59 Å². The van der Waals surface area contributed by atoms with E-state index in [1.165, 1.54) is 11.8 Å². The second-order valence-electron chi connectivity index (χ2n) is 6.06. The lowest BCUT2D eigenvalue weighted by atomic mass is 10.2. The Morgan fingerprint density at radius 2 is 2.15 bits per heavy atom. The van der Waals surface area contributed by atoms with E-state index < -0.39 is 11.3 Å². The normalized spacial score (nSPS) is 14.7. The van der Waals surface area contributed by atoms with Gasteiger partial charge in [-0.2, -0.15) is 0 Å². The number of amides is 3. The Kier molecular flexibility index (Phi) is 5.83. The van der Waals surface area contributed by atoms with Crippen LogP contribution in [0.1, 0.15) is 26.7 Å². The minimum Gasteiger partial charge on any atom is -0.335 e. The standard InChI is InChI=1S/C17H20ClN5O2S/c1-3-23-14(11-5-4-6-12(18)9-11)21-22-17(23)26-10(2)15(24)20-16(25)19-13-7-8-13/h4-6,9-10,13H,3,7-8H2,1-2H3,(H2,19,20,24,25). The SMILES string of the molecule is CCn1c(SC(C)C(=O)NC(=O)NC2CC2)nnc1-c1cccc(Cl)c1. The molecule has 9 heteroatoms. The van der Waals surface area contributed by atoms with Crippen molar-refractivity contribution in [1.82, 2.24) is 25.4 Å². The highest BCUT2D eigenvalue weighted by Gasteiger charge is 2.26. The molecule has 1 aromatic carbocycles. The molecule has 0 bridgehead atoms. The molecule has 1 heterocycles. The summed E-state index contributed by atoms with van der Waals surface area (Å²) < 4.78 is 1.92. The van der Waals surface area contributed by atoms with Crippen LogP contribution in [0.15, 0.2) is 29.4 Å². The average molecular weight is 394 g/mol. The molecule has 1 aliphatic rings. The lowest BCUT2D eigenvalue weighted by Gasteiger charge is -2.12. The summed E-state index contributed by atoms with van der Waals surface area (Å²) in [6.45, 7) is 4.36. The zero-order valence-electron chi connectivity index (χ0n) is 14.5. The lowest BCUT2D eigenvalue weighted by Crippen LogP contribution is -2.43. The van der Waals surface area contributed by atoms with E-state index >= 15 is 0 Å². The molecule has 1 aliphatic carbocycles. The van der Waals surface area contributed by atoms with Crippen LogP contribution in [0.3, 0.4) is 0 Å². The van der Waals surface area contributed by atoms with Crippen LogP contribution in [0.2, 0.25) is 5.02 Å². The summed E-state index contributed by atoms with van der Waals surface area (Å²) in [6, 6.07) is 7.15. The van der Waals surface area contributed by atoms with Crippen molar-refractivity contribution in [2.45, 2.75) is 49.7 Å². The van der Waals surface area contributed by atoms with Crippen molar-refractivity contribution in [3.05, 3.63) is 29.3 Å². The van der Waals surface area contributed by atoms with Gasteiger partial charge < -0.3 is 9.88 Å². The zero-order valence-corrected chi connectivity index (χ0v) is 16.1. The third-order valence-corrected chi connectivity index (χ3v) is 5.23. The topological polar surface area (TPSA) is 88.9 Å². The molecular formula is C17H20ClN5O2S. The van der Waals surface area contributed by atoms with Crippen molar-refractivity contribution < 1.29 is 9.59 Å². The number of aromatic nitrogens is 3. The molecule has 26 heavy (non-hydrogen) atoms. The van der Waals surface area contributed by atoms with Crippen molar-refractivity contribution in [2.24, 2.45) is 0 Å². The van der Waals surface area contributed by atoms with E-state index in [0.29, 0.717) is 22.5 Å². The predicted octanol–water partition coefficient (Wildman–Crippen LogP) is 3.09. The quantitative estimate of drug-likeness (QED) is 0.736.